The Morgan fingerprint density at radius 3 is 1.82 bits per heavy atom. The van der Waals surface area contributed by atoms with E-state index in [0.717, 1.165) is 4.31 Å². The molecule has 0 aromatic heterocycles. The number of hydrogen-bond donors (Lipinski definition) is 0. The Bertz CT molecular complexity index is 1510. The van der Waals surface area contributed by atoms with Gasteiger partial charge >= 0.3 is 0 Å². The third-order valence-electron chi connectivity index (χ3n) is 7.05. The second-order valence-electron chi connectivity index (χ2n) is 9.56. The highest BCUT2D eigenvalue weighted by atomic mass is 35.5. The van der Waals surface area contributed by atoms with Crippen LogP contribution in [-0.2, 0) is 14.8 Å². The lowest BCUT2D eigenvalue weighted by molar-refractivity contribution is -0.131. The van der Waals surface area contributed by atoms with Gasteiger partial charge in [0, 0.05) is 31.2 Å². The molecule has 1 heterocycles. The van der Waals surface area contributed by atoms with Crippen LogP contribution in [0.1, 0.15) is 17.2 Å². The number of sulfonamides is 1. The first-order valence-corrected chi connectivity index (χ1v) is 15.2. The quantitative estimate of drug-likeness (QED) is 0.247. The minimum atomic E-state index is -4.09. The van der Waals surface area contributed by atoms with Crippen LogP contribution in [0.15, 0.2) is 114 Å². The highest BCUT2D eigenvalue weighted by Gasteiger charge is 2.33. The van der Waals surface area contributed by atoms with E-state index in [9.17, 15) is 13.2 Å². The van der Waals surface area contributed by atoms with Gasteiger partial charge < -0.3 is 4.90 Å². The van der Waals surface area contributed by atoms with Gasteiger partial charge in [0.15, 0.2) is 0 Å². The van der Waals surface area contributed by atoms with E-state index >= 15 is 0 Å². The molecule has 1 aliphatic heterocycles. The summed E-state index contributed by atoms with van der Waals surface area (Å²) in [6, 6.07) is 33.3. The smallest absolute Gasteiger partial charge is 0.264 e. The molecule has 40 heavy (non-hydrogen) atoms. The fourth-order valence-electron chi connectivity index (χ4n) is 5.03. The number of carbonyl (C=O) groups excluding carboxylic acids is 1. The van der Waals surface area contributed by atoms with Crippen LogP contribution in [0, 0.1) is 0 Å². The number of hydrogen-bond acceptors (Lipinski definition) is 4. The standard InChI is InChI=1S/C31H29Cl2N3O3S/c32-26-16-17-28(33)29(22-26)36(40(38,39)27-14-8-3-9-15-27)23-30(37)34-18-20-35(21-19-34)31(24-10-4-1-5-11-24)25-12-6-2-7-13-25/h1-17,22,31H,18-21,23H2. The summed E-state index contributed by atoms with van der Waals surface area (Å²) in [5.41, 5.74) is 2.53. The molecule has 0 saturated carbocycles. The maximum absolute atomic E-state index is 13.7. The van der Waals surface area contributed by atoms with Crippen molar-refractivity contribution in [3.63, 3.8) is 0 Å². The third-order valence-corrected chi connectivity index (χ3v) is 9.38. The summed E-state index contributed by atoms with van der Waals surface area (Å²) in [7, 11) is -4.09. The number of halogens is 2. The molecule has 0 unspecified atom stereocenters. The Hall–Kier alpha value is -3.36. The van der Waals surface area contributed by atoms with E-state index in [-0.39, 0.29) is 27.6 Å². The molecule has 4 aromatic rings. The molecule has 4 aromatic carbocycles. The van der Waals surface area contributed by atoms with Crippen molar-refractivity contribution in [1.29, 1.82) is 0 Å². The molecule has 1 saturated heterocycles. The van der Waals surface area contributed by atoms with Crippen molar-refractivity contribution in [2.45, 2.75) is 10.9 Å². The maximum Gasteiger partial charge on any atom is 0.264 e. The van der Waals surface area contributed by atoms with E-state index in [1.54, 1.807) is 29.2 Å². The van der Waals surface area contributed by atoms with Gasteiger partial charge in [0.1, 0.15) is 6.54 Å². The molecular weight excluding hydrogens is 565 g/mol. The number of nitrogens with zero attached hydrogens (tertiary/aromatic N) is 3. The van der Waals surface area contributed by atoms with Crippen molar-refractivity contribution < 1.29 is 13.2 Å². The Kier molecular flexibility index (Phi) is 8.76. The molecule has 9 heteroatoms. The Morgan fingerprint density at radius 1 is 0.750 bits per heavy atom. The van der Waals surface area contributed by atoms with Gasteiger partial charge in [-0.25, -0.2) is 8.42 Å². The lowest BCUT2D eigenvalue weighted by Gasteiger charge is -2.40. The number of carbonyl (C=O) groups is 1. The van der Waals surface area contributed by atoms with Crippen molar-refractivity contribution in [1.82, 2.24) is 9.80 Å². The fraction of sp³-hybridized carbons (Fsp3) is 0.194. The molecular formula is C31H29Cl2N3O3S. The first-order valence-electron chi connectivity index (χ1n) is 13.0. The van der Waals surface area contributed by atoms with E-state index in [0.29, 0.717) is 31.2 Å². The monoisotopic (exact) mass is 593 g/mol. The van der Waals surface area contributed by atoms with Crippen molar-refractivity contribution in [2.24, 2.45) is 0 Å². The van der Waals surface area contributed by atoms with Gasteiger partial charge in [-0.3, -0.25) is 14.0 Å². The van der Waals surface area contributed by atoms with Crippen molar-refractivity contribution in [3.8, 4) is 0 Å². The lowest BCUT2D eigenvalue weighted by Crippen LogP contribution is -2.52. The Morgan fingerprint density at radius 2 is 1.27 bits per heavy atom. The lowest BCUT2D eigenvalue weighted by atomic mass is 9.96. The first-order chi connectivity index (χ1) is 19.3. The van der Waals surface area contributed by atoms with Crippen LogP contribution in [0.4, 0.5) is 5.69 Å². The van der Waals surface area contributed by atoms with Crippen LogP contribution in [0.25, 0.3) is 0 Å². The van der Waals surface area contributed by atoms with Gasteiger partial charge in [-0.2, -0.15) is 0 Å². The highest BCUT2D eigenvalue weighted by molar-refractivity contribution is 7.92. The van der Waals surface area contributed by atoms with Crippen molar-refractivity contribution in [3.05, 3.63) is 130 Å². The zero-order valence-corrected chi connectivity index (χ0v) is 24.1. The fourth-order valence-corrected chi connectivity index (χ4v) is 6.92. The number of anilines is 1. The molecule has 1 fully saturated rings. The molecule has 1 amide bonds. The summed E-state index contributed by atoms with van der Waals surface area (Å²) < 4.78 is 28.5. The minimum Gasteiger partial charge on any atom is -0.339 e. The average Bonchev–Trinajstić information content (AvgIpc) is 2.99. The van der Waals surface area contributed by atoms with Gasteiger partial charge in [0.25, 0.3) is 10.0 Å². The zero-order chi connectivity index (χ0) is 28.1. The van der Waals surface area contributed by atoms with Crippen molar-refractivity contribution >= 4 is 44.8 Å². The number of rotatable bonds is 8. The van der Waals surface area contributed by atoms with E-state index in [2.05, 4.69) is 29.2 Å². The van der Waals surface area contributed by atoms with Crippen LogP contribution in [0.2, 0.25) is 10.0 Å². The second-order valence-corrected chi connectivity index (χ2v) is 12.3. The number of piperazine rings is 1. The molecule has 0 bridgehead atoms. The van der Waals surface area contributed by atoms with Crippen LogP contribution < -0.4 is 4.31 Å². The summed E-state index contributed by atoms with van der Waals surface area (Å²) in [6.07, 6.45) is 0. The molecule has 0 radical (unpaired) electrons. The summed E-state index contributed by atoms with van der Waals surface area (Å²) in [5.74, 6) is -0.300. The highest BCUT2D eigenvalue weighted by Crippen LogP contribution is 2.34. The number of benzene rings is 4. The number of amides is 1. The first kappa shape index (κ1) is 28.2. The van der Waals surface area contributed by atoms with Crippen LogP contribution in [0.5, 0.6) is 0 Å². The normalized spacial score (nSPS) is 14.3. The van der Waals surface area contributed by atoms with Gasteiger partial charge in [0.2, 0.25) is 5.91 Å². The van der Waals surface area contributed by atoms with Gasteiger partial charge in [0.05, 0.1) is 21.6 Å². The molecule has 0 N–H and O–H groups in total. The van der Waals surface area contributed by atoms with E-state index in [4.69, 9.17) is 23.2 Å². The van der Waals surface area contributed by atoms with Gasteiger partial charge in [-0.1, -0.05) is 102 Å². The predicted octanol–water partition coefficient (Wildman–Crippen LogP) is 6.12. The second kappa shape index (κ2) is 12.4. The molecule has 5 rings (SSSR count). The van der Waals surface area contributed by atoms with Gasteiger partial charge in [-0.05, 0) is 41.5 Å². The molecule has 206 valence electrons. The third kappa shape index (κ3) is 6.18. The Balaban J connectivity index is 1.37. The van der Waals surface area contributed by atoms with Crippen LogP contribution in [-0.4, -0.2) is 56.8 Å². The molecule has 1 aliphatic rings. The van der Waals surface area contributed by atoms with Crippen molar-refractivity contribution in [2.75, 3.05) is 37.0 Å². The summed E-state index contributed by atoms with van der Waals surface area (Å²) in [4.78, 5) is 17.7. The maximum atomic E-state index is 13.7. The summed E-state index contributed by atoms with van der Waals surface area (Å²) in [6.45, 7) is 1.83. The average molecular weight is 595 g/mol. The zero-order valence-electron chi connectivity index (χ0n) is 21.7. The largest absolute Gasteiger partial charge is 0.339 e. The summed E-state index contributed by atoms with van der Waals surface area (Å²) in [5, 5.41) is 0.511. The van der Waals surface area contributed by atoms with Gasteiger partial charge in [-0.15, -0.1) is 0 Å². The molecule has 0 spiro atoms. The van der Waals surface area contributed by atoms with E-state index < -0.39 is 16.6 Å². The SMILES string of the molecule is O=C(CN(c1cc(Cl)ccc1Cl)S(=O)(=O)c1ccccc1)N1CCN(C(c2ccccc2)c2ccccc2)CC1. The Labute approximate surface area is 245 Å². The van der Waals surface area contributed by atoms with Crippen LogP contribution in [0.3, 0.4) is 0 Å². The van der Waals surface area contributed by atoms with E-state index in [1.807, 2.05) is 36.4 Å². The molecule has 0 atom stereocenters. The molecule has 0 aliphatic carbocycles. The van der Waals surface area contributed by atoms with Crippen LogP contribution >= 0.6 is 23.2 Å². The predicted molar refractivity (Wildman–Crippen MR) is 160 cm³/mol. The molecule has 6 nitrogen and oxygen atoms in total. The summed E-state index contributed by atoms with van der Waals surface area (Å²) >= 11 is 12.6. The minimum absolute atomic E-state index is 0.0554. The van der Waals surface area contributed by atoms with E-state index in [1.165, 1.54) is 35.4 Å². The topological polar surface area (TPSA) is 60.9 Å².